The van der Waals surface area contributed by atoms with Gasteiger partial charge in [0.25, 0.3) is 0 Å². The standard InChI is InChI=1S/C13H21NO3S.C2H6/c1-9-7-10(13(2,3)4)8-11(12(9)17-5)14-18(6,15)16;1-2/h7-8,14H,1-6H3;1-2H3. The highest BCUT2D eigenvalue weighted by molar-refractivity contribution is 7.92. The third-order valence-corrected chi connectivity index (χ3v) is 3.23. The Hall–Kier alpha value is -1.23. The number of hydrogen-bond acceptors (Lipinski definition) is 3. The summed E-state index contributed by atoms with van der Waals surface area (Å²) in [5, 5.41) is 0. The van der Waals surface area contributed by atoms with E-state index in [0.717, 1.165) is 17.4 Å². The molecule has 0 heterocycles. The van der Waals surface area contributed by atoms with Crippen molar-refractivity contribution in [3.8, 4) is 5.75 Å². The lowest BCUT2D eigenvalue weighted by atomic mass is 9.86. The van der Waals surface area contributed by atoms with E-state index in [4.69, 9.17) is 4.74 Å². The van der Waals surface area contributed by atoms with Gasteiger partial charge in [-0.1, -0.05) is 40.7 Å². The molecule has 0 aliphatic rings. The average molecular weight is 301 g/mol. The van der Waals surface area contributed by atoms with E-state index < -0.39 is 10.0 Å². The maximum atomic E-state index is 11.4. The van der Waals surface area contributed by atoms with Crippen LogP contribution in [0.1, 0.15) is 45.7 Å². The molecule has 0 saturated carbocycles. The molecule has 0 atom stereocenters. The molecule has 0 amide bonds. The number of ether oxygens (including phenoxy) is 1. The van der Waals surface area contributed by atoms with E-state index in [9.17, 15) is 8.42 Å². The molecule has 116 valence electrons. The molecule has 5 heteroatoms. The molecule has 0 radical (unpaired) electrons. The SMILES string of the molecule is CC.COc1c(C)cc(C(C)(C)C)cc1NS(C)(=O)=O. The first kappa shape index (κ1) is 18.8. The smallest absolute Gasteiger partial charge is 0.229 e. The molecule has 0 saturated heterocycles. The van der Waals surface area contributed by atoms with E-state index in [1.165, 1.54) is 7.11 Å². The van der Waals surface area contributed by atoms with Crippen molar-refractivity contribution in [2.45, 2.75) is 47.0 Å². The van der Waals surface area contributed by atoms with Crippen molar-refractivity contribution in [2.24, 2.45) is 0 Å². The van der Waals surface area contributed by atoms with Crippen molar-refractivity contribution in [1.82, 2.24) is 0 Å². The van der Waals surface area contributed by atoms with Gasteiger partial charge in [0, 0.05) is 0 Å². The molecule has 0 fully saturated rings. The average Bonchev–Trinajstić information content (AvgIpc) is 2.28. The minimum atomic E-state index is -3.32. The first-order valence-electron chi connectivity index (χ1n) is 6.71. The molecule has 0 unspecified atom stereocenters. The van der Waals surface area contributed by atoms with Crippen LogP contribution in [0, 0.1) is 6.92 Å². The monoisotopic (exact) mass is 301 g/mol. The van der Waals surface area contributed by atoms with Crippen LogP contribution in [-0.2, 0) is 15.4 Å². The largest absolute Gasteiger partial charge is 0.494 e. The highest BCUT2D eigenvalue weighted by atomic mass is 32.2. The number of methoxy groups -OCH3 is 1. The van der Waals surface area contributed by atoms with Gasteiger partial charge in [0.1, 0.15) is 5.75 Å². The summed E-state index contributed by atoms with van der Waals surface area (Å²) in [6, 6.07) is 3.85. The van der Waals surface area contributed by atoms with Gasteiger partial charge in [-0.3, -0.25) is 4.72 Å². The number of rotatable bonds is 3. The Bertz CT molecular complexity index is 543. The molecule has 0 aliphatic carbocycles. The lowest BCUT2D eigenvalue weighted by Gasteiger charge is -2.22. The van der Waals surface area contributed by atoms with Crippen LogP contribution in [0.5, 0.6) is 5.75 Å². The Morgan fingerprint density at radius 3 is 2.00 bits per heavy atom. The van der Waals surface area contributed by atoms with Gasteiger partial charge in [0.15, 0.2) is 0 Å². The first-order chi connectivity index (χ1) is 9.04. The fourth-order valence-corrected chi connectivity index (χ4v) is 2.30. The van der Waals surface area contributed by atoms with Crippen LogP contribution < -0.4 is 9.46 Å². The number of anilines is 1. The maximum Gasteiger partial charge on any atom is 0.229 e. The van der Waals surface area contributed by atoms with Crippen molar-refractivity contribution in [3.05, 3.63) is 23.3 Å². The molecule has 1 aromatic carbocycles. The lowest BCUT2D eigenvalue weighted by Crippen LogP contribution is -2.15. The summed E-state index contributed by atoms with van der Waals surface area (Å²) in [6.45, 7) is 12.1. The molecule has 4 nitrogen and oxygen atoms in total. The maximum absolute atomic E-state index is 11.4. The zero-order valence-corrected chi connectivity index (χ0v) is 14.6. The van der Waals surface area contributed by atoms with Crippen LogP contribution in [0.2, 0.25) is 0 Å². The highest BCUT2D eigenvalue weighted by Gasteiger charge is 2.19. The lowest BCUT2D eigenvalue weighted by molar-refractivity contribution is 0.413. The number of aryl methyl sites for hydroxylation is 1. The highest BCUT2D eigenvalue weighted by Crippen LogP contribution is 2.35. The summed E-state index contributed by atoms with van der Waals surface area (Å²) in [7, 11) is -1.78. The fourth-order valence-electron chi connectivity index (χ4n) is 1.75. The number of hydrogen-bond donors (Lipinski definition) is 1. The molecule has 20 heavy (non-hydrogen) atoms. The summed E-state index contributed by atoms with van der Waals surface area (Å²) in [5.41, 5.74) is 2.42. The predicted molar refractivity (Wildman–Crippen MR) is 86.2 cm³/mol. The minimum absolute atomic E-state index is 0.0506. The van der Waals surface area contributed by atoms with Crippen molar-refractivity contribution in [3.63, 3.8) is 0 Å². The van der Waals surface area contributed by atoms with Crippen LogP contribution >= 0.6 is 0 Å². The third kappa shape index (κ3) is 5.41. The van der Waals surface area contributed by atoms with Gasteiger partial charge < -0.3 is 4.74 Å². The Morgan fingerprint density at radius 1 is 1.15 bits per heavy atom. The molecule has 0 aliphatic heterocycles. The summed E-state index contributed by atoms with van der Waals surface area (Å²) in [6.07, 6.45) is 1.13. The molecule has 0 aromatic heterocycles. The Labute approximate surface area is 123 Å². The first-order valence-corrected chi connectivity index (χ1v) is 8.60. The van der Waals surface area contributed by atoms with Crippen LogP contribution in [0.15, 0.2) is 12.1 Å². The Kier molecular flexibility index (Phi) is 6.54. The van der Waals surface area contributed by atoms with Gasteiger partial charge in [-0.25, -0.2) is 8.42 Å². The number of sulfonamides is 1. The van der Waals surface area contributed by atoms with Crippen LogP contribution in [-0.4, -0.2) is 21.8 Å². The fraction of sp³-hybridized carbons (Fsp3) is 0.600. The normalized spacial score (nSPS) is 11.4. The van der Waals surface area contributed by atoms with Crippen LogP contribution in [0.25, 0.3) is 0 Å². The Morgan fingerprint density at radius 2 is 1.65 bits per heavy atom. The van der Waals surface area contributed by atoms with Gasteiger partial charge in [-0.2, -0.15) is 0 Å². The van der Waals surface area contributed by atoms with Gasteiger partial charge in [0.05, 0.1) is 19.1 Å². The second-order valence-electron chi connectivity index (χ2n) is 5.50. The summed E-state index contributed by atoms with van der Waals surface area (Å²) >= 11 is 0. The van der Waals surface area contributed by atoms with Crippen molar-refractivity contribution in [2.75, 3.05) is 18.1 Å². The van der Waals surface area contributed by atoms with E-state index in [2.05, 4.69) is 25.5 Å². The van der Waals surface area contributed by atoms with E-state index in [1.54, 1.807) is 0 Å². The van der Waals surface area contributed by atoms with E-state index >= 15 is 0 Å². The quantitative estimate of drug-likeness (QED) is 0.926. The van der Waals surface area contributed by atoms with Gasteiger partial charge in [-0.15, -0.1) is 0 Å². The second kappa shape index (κ2) is 6.97. The molecule has 0 spiro atoms. The number of nitrogens with one attached hydrogen (secondary N) is 1. The zero-order chi connectivity index (χ0) is 16.1. The van der Waals surface area contributed by atoms with Gasteiger partial charge in [0.2, 0.25) is 10.0 Å². The summed E-state index contributed by atoms with van der Waals surface area (Å²) < 4.78 is 30.5. The number of benzene rings is 1. The molecule has 1 aromatic rings. The minimum Gasteiger partial charge on any atom is -0.494 e. The molecule has 1 rings (SSSR count). The van der Waals surface area contributed by atoms with Gasteiger partial charge in [-0.05, 0) is 29.5 Å². The Balaban J connectivity index is 0.00000172. The molecular formula is C15H27NO3S. The van der Waals surface area contributed by atoms with Crippen LogP contribution in [0.4, 0.5) is 5.69 Å². The van der Waals surface area contributed by atoms with E-state index in [-0.39, 0.29) is 5.41 Å². The molecule has 0 bridgehead atoms. The topological polar surface area (TPSA) is 55.4 Å². The van der Waals surface area contributed by atoms with Crippen molar-refractivity contribution in [1.29, 1.82) is 0 Å². The predicted octanol–water partition coefficient (Wildman–Crippen LogP) is 3.70. The second-order valence-corrected chi connectivity index (χ2v) is 7.25. The van der Waals surface area contributed by atoms with Gasteiger partial charge >= 0.3 is 0 Å². The van der Waals surface area contributed by atoms with Crippen molar-refractivity contribution >= 4 is 15.7 Å². The van der Waals surface area contributed by atoms with Crippen LogP contribution in [0.3, 0.4) is 0 Å². The molecule has 1 N–H and O–H groups in total. The summed E-state index contributed by atoms with van der Waals surface area (Å²) in [5.74, 6) is 0.563. The summed E-state index contributed by atoms with van der Waals surface area (Å²) in [4.78, 5) is 0. The molecular weight excluding hydrogens is 274 g/mol. The van der Waals surface area contributed by atoms with Crippen molar-refractivity contribution < 1.29 is 13.2 Å². The third-order valence-electron chi connectivity index (χ3n) is 2.64. The van der Waals surface area contributed by atoms with E-state index in [0.29, 0.717) is 11.4 Å². The van der Waals surface area contributed by atoms with E-state index in [1.807, 2.05) is 32.9 Å². The zero-order valence-electron chi connectivity index (χ0n) is 13.8.